The molecule has 0 radical (unpaired) electrons. The summed E-state index contributed by atoms with van der Waals surface area (Å²) in [4.78, 5) is 24.6. The van der Waals surface area contributed by atoms with Gasteiger partial charge in [-0.25, -0.2) is 0 Å². The van der Waals surface area contributed by atoms with Gasteiger partial charge in [0.25, 0.3) is 11.6 Å². The van der Waals surface area contributed by atoms with Gasteiger partial charge in [0.05, 0.1) is 4.92 Å². The van der Waals surface area contributed by atoms with Gasteiger partial charge < -0.3 is 10.6 Å². The van der Waals surface area contributed by atoms with Crippen LogP contribution in [-0.4, -0.2) is 35.4 Å². The number of rotatable bonds is 3. The highest BCUT2D eigenvalue weighted by atomic mass is 16.6. The Balaban J connectivity index is 2.31. The van der Waals surface area contributed by atoms with Crippen LogP contribution >= 0.6 is 0 Å². The molecule has 1 aromatic rings. The molecule has 6 heteroatoms. The number of amides is 1. The number of aryl methyl sites for hydroxylation is 1. The largest absolute Gasteiger partial charge is 0.338 e. The summed E-state index contributed by atoms with van der Waals surface area (Å²) in [5, 5.41) is 11.0. The van der Waals surface area contributed by atoms with Crippen molar-refractivity contribution >= 4 is 11.6 Å². The third kappa shape index (κ3) is 2.58. The maximum Gasteiger partial charge on any atom is 0.282 e. The monoisotopic (exact) mass is 263 g/mol. The third-order valence-electron chi connectivity index (χ3n) is 3.57. The summed E-state index contributed by atoms with van der Waals surface area (Å²) in [6.07, 6.45) is 0.863. The van der Waals surface area contributed by atoms with E-state index in [0.717, 1.165) is 6.42 Å². The first-order chi connectivity index (χ1) is 9.04. The van der Waals surface area contributed by atoms with Gasteiger partial charge in [0, 0.05) is 19.2 Å². The number of nitro groups is 1. The summed E-state index contributed by atoms with van der Waals surface area (Å²) in [5.74, 6) is 0.0350. The molecule has 1 aliphatic heterocycles. The first-order valence-electron chi connectivity index (χ1n) is 6.28. The van der Waals surface area contributed by atoms with E-state index in [4.69, 9.17) is 5.73 Å². The van der Waals surface area contributed by atoms with Crippen molar-refractivity contribution in [3.05, 3.63) is 39.4 Å². The van der Waals surface area contributed by atoms with Gasteiger partial charge >= 0.3 is 0 Å². The minimum Gasteiger partial charge on any atom is -0.338 e. The lowest BCUT2D eigenvalue weighted by Crippen LogP contribution is -2.30. The van der Waals surface area contributed by atoms with Crippen LogP contribution in [0, 0.1) is 23.0 Å². The summed E-state index contributed by atoms with van der Waals surface area (Å²) in [6, 6.07) is 4.68. The fourth-order valence-electron chi connectivity index (χ4n) is 2.45. The first kappa shape index (κ1) is 13.5. The molecule has 0 saturated carbocycles. The van der Waals surface area contributed by atoms with Crippen LogP contribution < -0.4 is 5.73 Å². The van der Waals surface area contributed by atoms with E-state index in [-0.39, 0.29) is 17.2 Å². The molecule has 1 amide bonds. The summed E-state index contributed by atoms with van der Waals surface area (Å²) in [6.45, 7) is 3.46. The van der Waals surface area contributed by atoms with Crippen molar-refractivity contribution in [3.8, 4) is 0 Å². The molecule has 0 bridgehead atoms. The molecule has 1 atom stereocenters. The Bertz CT molecular complexity index is 516. The normalized spacial score (nSPS) is 18.6. The molecule has 1 heterocycles. The van der Waals surface area contributed by atoms with Crippen LogP contribution in [0.15, 0.2) is 18.2 Å². The maximum atomic E-state index is 12.4. The zero-order valence-corrected chi connectivity index (χ0v) is 10.8. The molecule has 6 nitrogen and oxygen atoms in total. The average Bonchev–Trinajstić information content (AvgIpc) is 2.86. The number of nitro benzene ring substituents is 1. The van der Waals surface area contributed by atoms with Crippen LogP contribution in [0.4, 0.5) is 5.69 Å². The van der Waals surface area contributed by atoms with Crippen molar-refractivity contribution in [2.75, 3.05) is 19.6 Å². The molecule has 1 unspecified atom stereocenters. The van der Waals surface area contributed by atoms with Crippen molar-refractivity contribution in [2.45, 2.75) is 13.3 Å². The Morgan fingerprint density at radius 3 is 2.89 bits per heavy atom. The lowest BCUT2D eigenvalue weighted by molar-refractivity contribution is -0.385. The number of hydrogen-bond acceptors (Lipinski definition) is 4. The number of carbonyl (C=O) groups excluding carboxylic acids is 1. The van der Waals surface area contributed by atoms with Crippen LogP contribution in [0.5, 0.6) is 0 Å². The zero-order chi connectivity index (χ0) is 14.0. The van der Waals surface area contributed by atoms with E-state index in [0.29, 0.717) is 31.1 Å². The van der Waals surface area contributed by atoms with Crippen LogP contribution in [0.2, 0.25) is 0 Å². The molecular formula is C13H17N3O3. The van der Waals surface area contributed by atoms with Crippen molar-refractivity contribution in [1.29, 1.82) is 0 Å². The number of hydrogen-bond donors (Lipinski definition) is 1. The molecule has 2 rings (SSSR count). The fourth-order valence-corrected chi connectivity index (χ4v) is 2.45. The molecule has 2 N–H and O–H groups in total. The molecule has 0 aliphatic carbocycles. The molecule has 19 heavy (non-hydrogen) atoms. The quantitative estimate of drug-likeness (QED) is 0.658. The smallest absolute Gasteiger partial charge is 0.282 e. The van der Waals surface area contributed by atoms with Crippen LogP contribution in [0.1, 0.15) is 22.3 Å². The fraction of sp³-hybridized carbons (Fsp3) is 0.462. The van der Waals surface area contributed by atoms with Crippen LogP contribution in [-0.2, 0) is 0 Å². The van der Waals surface area contributed by atoms with Gasteiger partial charge in [-0.1, -0.05) is 12.1 Å². The van der Waals surface area contributed by atoms with E-state index >= 15 is 0 Å². The van der Waals surface area contributed by atoms with Gasteiger partial charge in [-0.3, -0.25) is 14.9 Å². The second kappa shape index (κ2) is 5.36. The van der Waals surface area contributed by atoms with Crippen molar-refractivity contribution in [1.82, 2.24) is 4.90 Å². The topological polar surface area (TPSA) is 89.5 Å². The summed E-state index contributed by atoms with van der Waals surface area (Å²) < 4.78 is 0. The van der Waals surface area contributed by atoms with E-state index in [1.54, 1.807) is 24.0 Å². The Morgan fingerprint density at radius 1 is 1.58 bits per heavy atom. The Morgan fingerprint density at radius 2 is 2.32 bits per heavy atom. The average molecular weight is 263 g/mol. The predicted molar refractivity (Wildman–Crippen MR) is 70.9 cm³/mol. The zero-order valence-electron chi connectivity index (χ0n) is 10.8. The molecule has 0 aromatic heterocycles. The first-order valence-corrected chi connectivity index (χ1v) is 6.28. The van der Waals surface area contributed by atoms with Gasteiger partial charge in [-0.2, -0.15) is 0 Å². The highest BCUT2D eigenvalue weighted by Gasteiger charge is 2.31. The Hall–Kier alpha value is -1.95. The number of likely N-dealkylation sites (tertiary alicyclic amines) is 1. The van der Waals surface area contributed by atoms with Crippen molar-refractivity contribution in [3.63, 3.8) is 0 Å². The number of benzene rings is 1. The van der Waals surface area contributed by atoms with Gasteiger partial charge in [-0.15, -0.1) is 0 Å². The van der Waals surface area contributed by atoms with E-state index in [9.17, 15) is 14.9 Å². The standard InChI is InChI=1S/C13H17N3O3/c1-9-3-2-4-11(16(18)19)12(9)13(17)15-6-5-10(7-14)8-15/h2-4,10H,5-8,14H2,1H3. The van der Waals surface area contributed by atoms with E-state index < -0.39 is 4.92 Å². The summed E-state index contributed by atoms with van der Waals surface area (Å²) in [7, 11) is 0. The summed E-state index contributed by atoms with van der Waals surface area (Å²) >= 11 is 0. The lowest BCUT2D eigenvalue weighted by Gasteiger charge is -2.17. The second-order valence-electron chi connectivity index (χ2n) is 4.87. The SMILES string of the molecule is Cc1cccc([N+](=O)[O-])c1C(=O)N1CCC(CN)C1. The Labute approximate surface area is 111 Å². The number of carbonyl (C=O) groups is 1. The second-order valence-corrected chi connectivity index (χ2v) is 4.87. The van der Waals surface area contributed by atoms with Crippen molar-refractivity contribution in [2.24, 2.45) is 11.7 Å². The molecule has 102 valence electrons. The summed E-state index contributed by atoms with van der Waals surface area (Å²) in [5.41, 5.74) is 6.31. The molecule has 1 aromatic carbocycles. The molecule has 0 spiro atoms. The Kier molecular flexibility index (Phi) is 3.80. The highest BCUT2D eigenvalue weighted by Crippen LogP contribution is 2.26. The van der Waals surface area contributed by atoms with Crippen LogP contribution in [0.3, 0.4) is 0 Å². The molecular weight excluding hydrogens is 246 g/mol. The maximum absolute atomic E-state index is 12.4. The lowest BCUT2D eigenvalue weighted by atomic mass is 10.1. The molecule has 1 saturated heterocycles. The highest BCUT2D eigenvalue weighted by molar-refractivity contribution is 5.99. The van der Waals surface area contributed by atoms with Crippen molar-refractivity contribution < 1.29 is 9.72 Å². The number of nitrogens with zero attached hydrogens (tertiary/aromatic N) is 2. The van der Waals surface area contributed by atoms with Gasteiger partial charge in [-0.05, 0) is 31.4 Å². The third-order valence-corrected chi connectivity index (χ3v) is 3.57. The predicted octanol–water partition coefficient (Wildman–Crippen LogP) is 1.32. The minimum atomic E-state index is -0.503. The van der Waals surface area contributed by atoms with E-state index in [1.165, 1.54) is 6.07 Å². The number of nitrogens with two attached hydrogens (primary N) is 1. The molecule has 1 aliphatic rings. The molecule has 1 fully saturated rings. The van der Waals surface area contributed by atoms with Crippen LogP contribution in [0.25, 0.3) is 0 Å². The van der Waals surface area contributed by atoms with E-state index in [2.05, 4.69) is 0 Å². The van der Waals surface area contributed by atoms with Gasteiger partial charge in [0.2, 0.25) is 0 Å². The van der Waals surface area contributed by atoms with Gasteiger partial charge in [0.15, 0.2) is 0 Å². The van der Waals surface area contributed by atoms with Gasteiger partial charge in [0.1, 0.15) is 5.56 Å². The van der Waals surface area contributed by atoms with E-state index in [1.807, 2.05) is 0 Å². The minimum absolute atomic E-state index is 0.124.